The maximum Gasteiger partial charge on any atom is 0.0357 e. The van der Waals surface area contributed by atoms with Crippen LogP contribution in [0.2, 0.25) is 0 Å². The molecule has 0 spiro atoms. The molecule has 1 aliphatic carbocycles. The second-order valence-corrected chi connectivity index (χ2v) is 7.19. The third-order valence-corrected chi connectivity index (χ3v) is 5.94. The molecule has 3 aliphatic rings. The summed E-state index contributed by atoms with van der Waals surface area (Å²) in [7, 11) is 0. The monoisotopic (exact) mass is 270 g/mol. The number of rotatable bonds is 1. The van der Waals surface area contributed by atoms with Crippen LogP contribution in [0, 0.1) is 0 Å². The van der Waals surface area contributed by atoms with Crippen molar-refractivity contribution >= 4 is 0 Å². The first-order chi connectivity index (χ1) is 9.74. The molecule has 2 heterocycles. The number of nitrogens with two attached hydrogens (primary N) is 1. The van der Waals surface area contributed by atoms with Crippen molar-refractivity contribution in [1.82, 2.24) is 4.90 Å². The first-order valence-corrected chi connectivity index (χ1v) is 8.36. The van der Waals surface area contributed by atoms with Crippen LogP contribution in [0.5, 0.6) is 0 Å². The average Bonchev–Trinajstić information content (AvgIpc) is 2.72. The minimum atomic E-state index is 0.446. The Morgan fingerprint density at radius 1 is 0.950 bits per heavy atom. The van der Waals surface area contributed by atoms with Crippen molar-refractivity contribution < 1.29 is 0 Å². The molecular weight excluding hydrogens is 244 g/mol. The van der Waals surface area contributed by atoms with Gasteiger partial charge in [-0.25, -0.2) is 0 Å². The van der Waals surface area contributed by atoms with Gasteiger partial charge < -0.3 is 5.73 Å². The van der Waals surface area contributed by atoms with Gasteiger partial charge in [0.25, 0.3) is 0 Å². The van der Waals surface area contributed by atoms with Gasteiger partial charge in [-0.3, -0.25) is 4.90 Å². The second kappa shape index (κ2) is 4.85. The van der Waals surface area contributed by atoms with Crippen molar-refractivity contribution in [2.75, 3.05) is 0 Å². The molecule has 2 saturated heterocycles. The lowest BCUT2D eigenvalue weighted by Crippen LogP contribution is -2.49. The molecule has 2 nitrogen and oxygen atoms in total. The molecule has 1 aromatic carbocycles. The quantitative estimate of drug-likeness (QED) is 0.845. The van der Waals surface area contributed by atoms with Gasteiger partial charge in [0.1, 0.15) is 0 Å². The van der Waals surface area contributed by atoms with E-state index in [4.69, 9.17) is 5.73 Å². The van der Waals surface area contributed by atoms with Crippen LogP contribution in [-0.2, 0) is 0 Å². The van der Waals surface area contributed by atoms with Crippen LogP contribution >= 0.6 is 0 Å². The van der Waals surface area contributed by atoms with Gasteiger partial charge in [0.15, 0.2) is 0 Å². The minimum Gasteiger partial charge on any atom is -0.328 e. The summed E-state index contributed by atoms with van der Waals surface area (Å²) >= 11 is 0. The molecule has 2 bridgehead atoms. The van der Waals surface area contributed by atoms with E-state index in [0.29, 0.717) is 12.1 Å². The molecule has 0 amide bonds. The fourth-order valence-corrected chi connectivity index (χ4v) is 5.06. The molecule has 4 unspecified atom stereocenters. The highest BCUT2D eigenvalue weighted by Crippen LogP contribution is 2.47. The number of hydrogen-bond acceptors (Lipinski definition) is 2. The van der Waals surface area contributed by atoms with Crippen LogP contribution in [0.1, 0.15) is 68.5 Å². The molecule has 20 heavy (non-hydrogen) atoms. The predicted octanol–water partition coefficient (Wildman–Crippen LogP) is 3.58. The summed E-state index contributed by atoms with van der Waals surface area (Å²) in [5.41, 5.74) is 9.44. The first-order valence-electron chi connectivity index (χ1n) is 8.36. The van der Waals surface area contributed by atoms with Gasteiger partial charge in [-0.2, -0.15) is 0 Å². The maximum atomic E-state index is 6.24. The van der Waals surface area contributed by atoms with E-state index in [9.17, 15) is 0 Å². The number of piperidine rings is 1. The fraction of sp³-hybridized carbons (Fsp3) is 0.667. The highest BCUT2D eigenvalue weighted by Gasteiger charge is 2.44. The molecule has 108 valence electrons. The SMILES string of the molecule is CC1CCC(N2C3CCC2CC(N)C3)c2ccccc21. The van der Waals surface area contributed by atoms with E-state index in [1.165, 1.54) is 38.5 Å². The molecule has 2 aliphatic heterocycles. The van der Waals surface area contributed by atoms with Crippen LogP contribution in [0.15, 0.2) is 24.3 Å². The molecule has 4 atom stereocenters. The van der Waals surface area contributed by atoms with E-state index >= 15 is 0 Å². The molecular formula is C18H26N2. The zero-order valence-corrected chi connectivity index (χ0v) is 12.5. The molecule has 1 aromatic rings. The molecule has 0 aromatic heterocycles. The second-order valence-electron chi connectivity index (χ2n) is 7.19. The van der Waals surface area contributed by atoms with Crippen LogP contribution in [0.25, 0.3) is 0 Å². The van der Waals surface area contributed by atoms with Crippen LogP contribution < -0.4 is 5.73 Å². The number of fused-ring (bicyclic) bond motifs is 3. The topological polar surface area (TPSA) is 29.3 Å². The Balaban J connectivity index is 1.69. The number of benzene rings is 1. The summed E-state index contributed by atoms with van der Waals surface area (Å²) in [6.45, 7) is 2.38. The zero-order chi connectivity index (χ0) is 13.7. The number of nitrogens with zero attached hydrogens (tertiary/aromatic N) is 1. The Morgan fingerprint density at radius 2 is 1.60 bits per heavy atom. The normalized spacial score (nSPS) is 40.6. The maximum absolute atomic E-state index is 6.24. The van der Waals surface area contributed by atoms with E-state index in [0.717, 1.165) is 18.0 Å². The predicted molar refractivity (Wildman–Crippen MR) is 82.7 cm³/mol. The third-order valence-electron chi connectivity index (χ3n) is 5.94. The lowest BCUT2D eigenvalue weighted by Gasteiger charge is -2.45. The van der Waals surface area contributed by atoms with Gasteiger partial charge in [-0.05, 0) is 55.6 Å². The minimum absolute atomic E-state index is 0.446. The molecule has 0 radical (unpaired) electrons. The fourth-order valence-electron chi connectivity index (χ4n) is 5.06. The lowest BCUT2D eigenvalue weighted by atomic mass is 9.79. The average molecular weight is 270 g/mol. The van der Waals surface area contributed by atoms with E-state index in [1.807, 2.05) is 0 Å². The van der Waals surface area contributed by atoms with Crippen molar-refractivity contribution in [2.45, 2.75) is 75.5 Å². The van der Waals surface area contributed by atoms with E-state index < -0.39 is 0 Å². The standard InChI is InChI=1S/C18H26N2/c1-12-6-9-18(17-5-3-2-4-16(12)17)20-14-7-8-15(20)11-13(19)10-14/h2-5,12-15,18H,6-11,19H2,1H3. The van der Waals surface area contributed by atoms with Crippen molar-refractivity contribution in [3.8, 4) is 0 Å². The smallest absolute Gasteiger partial charge is 0.0357 e. The van der Waals surface area contributed by atoms with Crippen LogP contribution in [0.4, 0.5) is 0 Å². The highest BCUT2D eigenvalue weighted by molar-refractivity contribution is 5.35. The molecule has 2 fully saturated rings. The summed E-state index contributed by atoms with van der Waals surface area (Å²) < 4.78 is 0. The summed E-state index contributed by atoms with van der Waals surface area (Å²) in [5, 5.41) is 0. The Bertz CT molecular complexity index is 484. The van der Waals surface area contributed by atoms with Crippen LogP contribution in [0.3, 0.4) is 0 Å². The molecule has 2 N–H and O–H groups in total. The van der Waals surface area contributed by atoms with Crippen LogP contribution in [-0.4, -0.2) is 23.0 Å². The van der Waals surface area contributed by atoms with Gasteiger partial charge in [0.2, 0.25) is 0 Å². The largest absolute Gasteiger partial charge is 0.328 e. The zero-order valence-electron chi connectivity index (χ0n) is 12.5. The van der Waals surface area contributed by atoms with Crippen molar-refractivity contribution in [3.05, 3.63) is 35.4 Å². The van der Waals surface area contributed by atoms with E-state index in [-0.39, 0.29) is 0 Å². The molecule has 4 rings (SSSR count). The van der Waals surface area contributed by atoms with Gasteiger partial charge in [-0.15, -0.1) is 0 Å². The molecule has 0 saturated carbocycles. The summed E-state index contributed by atoms with van der Waals surface area (Å²) in [6, 6.07) is 11.8. The number of hydrogen-bond donors (Lipinski definition) is 1. The van der Waals surface area contributed by atoms with E-state index in [2.05, 4.69) is 36.1 Å². The van der Waals surface area contributed by atoms with Crippen molar-refractivity contribution in [1.29, 1.82) is 0 Å². The summed E-state index contributed by atoms with van der Waals surface area (Å²) in [4.78, 5) is 2.86. The highest BCUT2D eigenvalue weighted by atomic mass is 15.3. The first kappa shape index (κ1) is 12.8. The van der Waals surface area contributed by atoms with Gasteiger partial charge >= 0.3 is 0 Å². The third kappa shape index (κ3) is 1.93. The van der Waals surface area contributed by atoms with Gasteiger partial charge in [0.05, 0.1) is 0 Å². The molecule has 2 heteroatoms. The Kier molecular flexibility index (Phi) is 3.12. The summed E-state index contributed by atoms with van der Waals surface area (Å²) in [6.07, 6.45) is 7.83. The Labute approximate surface area is 122 Å². The van der Waals surface area contributed by atoms with E-state index in [1.54, 1.807) is 11.1 Å². The van der Waals surface area contributed by atoms with Gasteiger partial charge in [-0.1, -0.05) is 31.2 Å². The lowest BCUT2D eigenvalue weighted by molar-refractivity contribution is 0.0661. The summed E-state index contributed by atoms with van der Waals surface area (Å²) in [5.74, 6) is 0.729. The van der Waals surface area contributed by atoms with Gasteiger partial charge in [0, 0.05) is 24.2 Å². The van der Waals surface area contributed by atoms with Crippen molar-refractivity contribution in [3.63, 3.8) is 0 Å². The van der Waals surface area contributed by atoms with Crippen molar-refractivity contribution in [2.24, 2.45) is 5.73 Å². The Morgan fingerprint density at radius 3 is 2.30 bits per heavy atom. The Hall–Kier alpha value is -0.860.